The molecular formula is C23H29NO9. The summed E-state index contributed by atoms with van der Waals surface area (Å²) in [6, 6.07) is 2.94. The van der Waals surface area contributed by atoms with Crippen LogP contribution in [-0.2, 0) is 28.5 Å². The molecule has 1 N–H and O–H groups in total. The Balaban J connectivity index is 2.93. The molecular weight excluding hydrogens is 434 g/mol. The first-order valence-corrected chi connectivity index (χ1v) is 10.2. The maximum Gasteiger partial charge on any atom is 0.341 e. The van der Waals surface area contributed by atoms with Crippen LogP contribution in [0.2, 0.25) is 0 Å². The van der Waals surface area contributed by atoms with Gasteiger partial charge in [0, 0.05) is 17.3 Å². The van der Waals surface area contributed by atoms with Crippen molar-refractivity contribution in [2.45, 2.75) is 26.7 Å². The molecule has 33 heavy (non-hydrogen) atoms. The smallest absolute Gasteiger partial charge is 0.341 e. The van der Waals surface area contributed by atoms with E-state index < -0.39 is 23.8 Å². The van der Waals surface area contributed by atoms with Crippen LogP contribution in [0, 0.1) is 0 Å². The van der Waals surface area contributed by atoms with Gasteiger partial charge >= 0.3 is 17.9 Å². The van der Waals surface area contributed by atoms with E-state index >= 15 is 0 Å². The summed E-state index contributed by atoms with van der Waals surface area (Å²) in [5, 5.41) is 2.93. The fourth-order valence-corrected chi connectivity index (χ4v) is 3.59. The number of esters is 3. The third kappa shape index (κ3) is 5.05. The Morgan fingerprint density at radius 2 is 1.39 bits per heavy atom. The zero-order chi connectivity index (χ0) is 24.7. The van der Waals surface area contributed by atoms with Crippen molar-refractivity contribution in [1.82, 2.24) is 5.32 Å². The van der Waals surface area contributed by atoms with Crippen molar-refractivity contribution in [2.75, 3.05) is 41.7 Å². The van der Waals surface area contributed by atoms with E-state index in [2.05, 4.69) is 5.32 Å². The van der Waals surface area contributed by atoms with Crippen molar-refractivity contribution < 1.29 is 42.8 Å². The van der Waals surface area contributed by atoms with Crippen molar-refractivity contribution in [3.05, 3.63) is 46.0 Å². The number of carbonyl (C=O) groups is 3. The first-order valence-electron chi connectivity index (χ1n) is 10.2. The average Bonchev–Trinajstić information content (AvgIpc) is 2.81. The largest absolute Gasteiger partial charge is 0.496 e. The van der Waals surface area contributed by atoms with E-state index in [0.29, 0.717) is 11.3 Å². The summed E-state index contributed by atoms with van der Waals surface area (Å²) in [6.45, 7) is 5.19. The Hall–Kier alpha value is -3.69. The quantitative estimate of drug-likeness (QED) is 0.432. The van der Waals surface area contributed by atoms with Gasteiger partial charge in [0.1, 0.15) is 22.6 Å². The van der Waals surface area contributed by atoms with E-state index in [9.17, 15) is 14.4 Å². The molecule has 10 heteroatoms. The topological polar surface area (TPSA) is 119 Å². The maximum absolute atomic E-state index is 13.0. The van der Waals surface area contributed by atoms with E-state index in [1.807, 2.05) is 0 Å². The van der Waals surface area contributed by atoms with Crippen LogP contribution in [0.5, 0.6) is 11.5 Å². The predicted octanol–water partition coefficient (Wildman–Crippen LogP) is 2.44. The van der Waals surface area contributed by atoms with Crippen LogP contribution in [-0.4, -0.2) is 59.6 Å². The van der Waals surface area contributed by atoms with Crippen molar-refractivity contribution in [3.63, 3.8) is 0 Å². The molecule has 0 aliphatic carbocycles. The lowest BCUT2D eigenvalue weighted by Crippen LogP contribution is -2.34. The monoisotopic (exact) mass is 463 g/mol. The first-order chi connectivity index (χ1) is 15.8. The van der Waals surface area contributed by atoms with Gasteiger partial charge in [0.2, 0.25) is 5.88 Å². The summed E-state index contributed by atoms with van der Waals surface area (Å²) in [6.07, 6.45) is 0. The summed E-state index contributed by atoms with van der Waals surface area (Å²) < 4.78 is 31.7. The lowest BCUT2D eigenvalue weighted by atomic mass is 9.80. The second-order valence-electron chi connectivity index (χ2n) is 6.77. The lowest BCUT2D eigenvalue weighted by Gasteiger charge is -2.31. The van der Waals surface area contributed by atoms with Crippen LogP contribution in [0.25, 0.3) is 0 Å². The molecule has 0 radical (unpaired) electrons. The SMILES string of the molecule is CCOC(=O)C1=C(C)NC(OC)=C(C(=O)OCC)[C@H]1c1cc(C(=O)OC)c(OC)cc1OC. The molecule has 1 aliphatic heterocycles. The minimum Gasteiger partial charge on any atom is -0.496 e. The molecule has 0 unspecified atom stereocenters. The number of carbonyl (C=O) groups excluding carboxylic acids is 3. The fourth-order valence-electron chi connectivity index (χ4n) is 3.59. The van der Waals surface area contributed by atoms with Crippen LogP contribution in [0.1, 0.15) is 42.6 Å². The van der Waals surface area contributed by atoms with Crippen molar-refractivity contribution in [3.8, 4) is 11.5 Å². The van der Waals surface area contributed by atoms with Crippen molar-refractivity contribution >= 4 is 17.9 Å². The van der Waals surface area contributed by atoms with Gasteiger partial charge in [-0.1, -0.05) is 0 Å². The molecule has 0 aromatic heterocycles. The van der Waals surface area contributed by atoms with Crippen molar-refractivity contribution in [2.24, 2.45) is 0 Å². The zero-order valence-electron chi connectivity index (χ0n) is 19.8. The number of methoxy groups -OCH3 is 4. The standard InChI is InChI=1S/C23H29NO9/c1-8-32-22(26)17-12(3)24-20(30-6)19(23(27)33-9-2)18(17)13-10-14(21(25)31-7)16(29-5)11-15(13)28-4/h10-11,18,24H,8-9H2,1-7H3/t18-/m0/s1. The highest BCUT2D eigenvalue weighted by molar-refractivity contribution is 6.00. The molecule has 1 aliphatic rings. The molecule has 180 valence electrons. The van der Waals surface area contributed by atoms with E-state index in [-0.39, 0.29) is 47.3 Å². The van der Waals surface area contributed by atoms with Crippen LogP contribution < -0.4 is 14.8 Å². The molecule has 1 aromatic rings. The van der Waals surface area contributed by atoms with E-state index in [4.69, 9.17) is 28.4 Å². The molecule has 0 bridgehead atoms. The summed E-state index contributed by atoms with van der Waals surface area (Å²) in [7, 11) is 5.43. The van der Waals surface area contributed by atoms with E-state index in [1.165, 1.54) is 40.6 Å². The molecule has 1 atom stereocenters. The minimum absolute atomic E-state index is 0.0206. The second-order valence-corrected chi connectivity index (χ2v) is 6.77. The third-order valence-corrected chi connectivity index (χ3v) is 4.99. The average molecular weight is 463 g/mol. The predicted molar refractivity (Wildman–Crippen MR) is 117 cm³/mol. The third-order valence-electron chi connectivity index (χ3n) is 4.99. The minimum atomic E-state index is -1.04. The molecule has 2 rings (SSSR count). The molecule has 0 saturated heterocycles. The van der Waals surface area contributed by atoms with Gasteiger partial charge in [0.25, 0.3) is 0 Å². The highest BCUT2D eigenvalue weighted by Gasteiger charge is 2.42. The van der Waals surface area contributed by atoms with Gasteiger partial charge in [-0.2, -0.15) is 0 Å². The number of allylic oxidation sites excluding steroid dienone is 1. The Kier molecular flexibility index (Phi) is 8.72. The van der Waals surface area contributed by atoms with Crippen LogP contribution in [0.4, 0.5) is 0 Å². The Morgan fingerprint density at radius 3 is 1.88 bits per heavy atom. The number of dihydropyridines is 1. The van der Waals surface area contributed by atoms with Crippen LogP contribution in [0.15, 0.2) is 34.9 Å². The fraction of sp³-hybridized carbons (Fsp3) is 0.435. The highest BCUT2D eigenvalue weighted by Crippen LogP contribution is 2.45. The number of rotatable bonds is 9. The zero-order valence-corrected chi connectivity index (χ0v) is 19.8. The molecule has 0 spiro atoms. The van der Waals surface area contributed by atoms with E-state index in [0.717, 1.165) is 0 Å². The maximum atomic E-state index is 13.0. The van der Waals surface area contributed by atoms with Gasteiger partial charge in [0.05, 0.1) is 53.1 Å². The lowest BCUT2D eigenvalue weighted by molar-refractivity contribution is -0.139. The molecule has 0 fully saturated rings. The molecule has 1 heterocycles. The molecule has 10 nitrogen and oxygen atoms in total. The number of hydrogen-bond acceptors (Lipinski definition) is 10. The first kappa shape index (κ1) is 25.6. The van der Waals surface area contributed by atoms with Crippen LogP contribution >= 0.6 is 0 Å². The summed E-state index contributed by atoms with van der Waals surface area (Å²) in [4.78, 5) is 38.5. The highest BCUT2D eigenvalue weighted by atomic mass is 16.5. The van der Waals surface area contributed by atoms with Gasteiger partial charge in [-0.25, -0.2) is 14.4 Å². The summed E-state index contributed by atoms with van der Waals surface area (Å²) in [5.74, 6) is -2.51. The normalized spacial score (nSPS) is 15.4. The molecule has 0 saturated carbocycles. The number of nitrogens with one attached hydrogen (secondary N) is 1. The van der Waals surface area contributed by atoms with Crippen molar-refractivity contribution in [1.29, 1.82) is 0 Å². The van der Waals surface area contributed by atoms with Crippen LogP contribution in [0.3, 0.4) is 0 Å². The van der Waals surface area contributed by atoms with Gasteiger partial charge in [-0.15, -0.1) is 0 Å². The Morgan fingerprint density at radius 1 is 0.818 bits per heavy atom. The Labute approximate surface area is 192 Å². The van der Waals surface area contributed by atoms with Gasteiger partial charge in [0.15, 0.2) is 0 Å². The van der Waals surface area contributed by atoms with Gasteiger partial charge in [-0.05, 0) is 26.8 Å². The Bertz CT molecular complexity index is 994. The summed E-state index contributed by atoms with van der Waals surface area (Å²) >= 11 is 0. The van der Waals surface area contributed by atoms with E-state index in [1.54, 1.807) is 20.8 Å². The molecule has 0 amide bonds. The number of benzene rings is 1. The summed E-state index contributed by atoms with van der Waals surface area (Å²) in [5.41, 5.74) is 0.964. The second kappa shape index (κ2) is 11.3. The number of ether oxygens (including phenoxy) is 6. The van der Waals surface area contributed by atoms with Gasteiger partial charge in [-0.3, -0.25) is 0 Å². The molecule has 1 aromatic carbocycles. The van der Waals surface area contributed by atoms with Gasteiger partial charge < -0.3 is 33.7 Å². The number of hydrogen-bond donors (Lipinski definition) is 1.